The van der Waals surface area contributed by atoms with Crippen molar-refractivity contribution >= 4 is 13.6 Å². The maximum atomic E-state index is 13.0. The Morgan fingerprint density at radius 2 is 1.81 bits per heavy atom. The number of hydrogen-bond donors (Lipinski definition) is 0. The van der Waals surface area contributed by atoms with Crippen molar-refractivity contribution in [3.63, 3.8) is 0 Å². The average molecular weight is 260 g/mol. The van der Waals surface area contributed by atoms with E-state index >= 15 is 0 Å². The van der Waals surface area contributed by atoms with Gasteiger partial charge in [-0.1, -0.05) is 6.92 Å². The molecule has 0 radical (unpaired) electrons. The fraction of sp³-hybridized carbons (Fsp3) is 0.875. The smallest absolute Gasteiger partial charge is 0.290 e. The van der Waals surface area contributed by atoms with Gasteiger partial charge in [-0.25, -0.2) is 4.57 Å². The van der Waals surface area contributed by atoms with Crippen LogP contribution in [0.15, 0.2) is 0 Å². The van der Waals surface area contributed by atoms with Crippen LogP contribution in [0.4, 0.5) is 8.78 Å². The highest BCUT2D eigenvalue weighted by Gasteiger charge is 2.38. The first kappa shape index (κ1) is 15.6. The zero-order chi connectivity index (χ0) is 12.8. The molecular formula is C8H15F2O5P. The van der Waals surface area contributed by atoms with Crippen molar-refractivity contribution in [1.82, 2.24) is 0 Å². The third kappa shape index (κ3) is 4.65. The summed E-state index contributed by atoms with van der Waals surface area (Å²) in [6, 6.07) is 0. The molecule has 0 fully saturated rings. The second-order valence-electron chi connectivity index (χ2n) is 2.96. The molecule has 0 aliphatic rings. The highest BCUT2D eigenvalue weighted by molar-refractivity contribution is 7.48. The van der Waals surface area contributed by atoms with Crippen LogP contribution >= 0.6 is 7.82 Å². The number of phosphoric acid groups is 1. The van der Waals surface area contributed by atoms with Crippen LogP contribution in [0.25, 0.3) is 0 Å². The summed E-state index contributed by atoms with van der Waals surface area (Å²) < 4.78 is 50.3. The van der Waals surface area contributed by atoms with Gasteiger partial charge in [-0.3, -0.25) is 18.4 Å². The van der Waals surface area contributed by atoms with Crippen molar-refractivity contribution < 1.29 is 31.7 Å². The first-order valence-electron chi connectivity index (χ1n) is 4.58. The molecule has 0 amide bonds. The molecule has 0 heterocycles. The Labute approximate surface area is 92.7 Å². The number of ketones is 1. The molecule has 0 aromatic carbocycles. The summed E-state index contributed by atoms with van der Waals surface area (Å²) in [7, 11) is -1.82. The van der Waals surface area contributed by atoms with Gasteiger partial charge in [-0.05, 0) is 6.42 Å². The normalized spacial score (nSPS) is 12.8. The predicted octanol–water partition coefficient (Wildman–Crippen LogP) is 2.41. The Bertz CT molecular complexity index is 274. The largest absolute Gasteiger partial charge is 0.474 e. The third-order valence-corrected chi connectivity index (χ3v) is 3.11. The minimum absolute atomic E-state index is 0.158. The Kier molecular flexibility index (Phi) is 6.25. The van der Waals surface area contributed by atoms with Gasteiger partial charge in [0.1, 0.15) is 6.61 Å². The highest BCUT2D eigenvalue weighted by atomic mass is 31.2. The van der Waals surface area contributed by atoms with Crippen LogP contribution in [-0.4, -0.2) is 32.5 Å². The topological polar surface area (TPSA) is 61.8 Å². The van der Waals surface area contributed by atoms with Crippen LogP contribution in [0.1, 0.15) is 19.8 Å². The Balaban J connectivity index is 4.32. The maximum Gasteiger partial charge on any atom is 0.474 e. The summed E-state index contributed by atoms with van der Waals surface area (Å²) in [6.45, 7) is 0.517. The molecule has 5 nitrogen and oxygen atoms in total. The fourth-order valence-electron chi connectivity index (χ4n) is 0.877. The van der Waals surface area contributed by atoms with E-state index in [-0.39, 0.29) is 6.42 Å². The predicted molar refractivity (Wildman–Crippen MR) is 52.4 cm³/mol. The molecule has 8 heteroatoms. The minimum atomic E-state index is -3.88. The molecular weight excluding hydrogens is 245 g/mol. The molecule has 16 heavy (non-hydrogen) atoms. The maximum absolute atomic E-state index is 13.0. The van der Waals surface area contributed by atoms with E-state index in [4.69, 9.17) is 0 Å². The molecule has 0 atom stereocenters. The fourth-order valence-corrected chi connectivity index (χ4v) is 1.51. The number of carbonyl (C=O) groups excluding carboxylic acids is 1. The molecule has 0 N–H and O–H groups in total. The second kappa shape index (κ2) is 6.39. The van der Waals surface area contributed by atoms with Crippen LogP contribution in [0.5, 0.6) is 0 Å². The van der Waals surface area contributed by atoms with Gasteiger partial charge in [-0.15, -0.1) is 0 Å². The van der Waals surface area contributed by atoms with Gasteiger partial charge < -0.3 is 0 Å². The molecule has 0 aliphatic carbocycles. The number of alkyl halides is 2. The number of hydrogen-bond acceptors (Lipinski definition) is 5. The Hall–Kier alpha value is -0.360. The summed E-state index contributed by atoms with van der Waals surface area (Å²) in [5.74, 6) is -4.91. The lowest BCUT2D eigenvalue weighted by atomic mass is 10.1. The van der Waals surface area contributed by atoms with E-state index in [2.05, 4.69) is 13.6 Å². The van der Waals surface area contributed by atoms with Crippen LogP contribution in [-0.2, 0) is 22.9 Å². The summed E-state index contributed by atoms with van der Waals surface area (Å²) >= 11 is 0. The third-order valence-electron chi connectivity index (χ3n) is 1.77. The van der Waals surface area contributed by atoms with Crippen molar-refractivity contribution in [2.45, 2.75) is 25.7 Å². The number of carbonyl (C=O) groups is 1. The van der Waals surface area contributed by atoms with E-state index in [0.29, 0.717) is 0 Å². The molecule has 0 saturated carbocycles. The first-order valence-corrected chi connectivity index (χ1v) is 6.04. The van der Waals surface area contributed by atoms with Crippen molar-refractivity contribution in [1.29, 1.82) is 0 Å². The van der Waals surface area contributed by atoms with Crippen LogP contribution < -0.4 is 0 Å². The zero-order valence-corrected chi connectivity index (χ0v) is 10.3. The van der Waals surface area contributed by atoms with E-state index in [0.717, 1.165) is 14.2 Å². The van der Waals surface area contributed by atoms with Crippen LogP contribution in [0.3, 0.4) is 0 Å². The lowest BCUT2D eigenvalue weighted by Crippen LogP contribution is -2.31. The lowest BCUT2D eigenvalue weighted by molar-refractivity contribution is -0.146. The van der Waals surface area contributed by atoms with E-state index in [9.17, 15) is 18.1 Å². The average Bonchev–Trinajstić information content (AvgIpc) is 2.25. The standard InChI is InChI=1S/C8H15F2O5P/c1-4-5-8(9,10)7(11)6-15-16(12,13-2)14-3/h4-6H2,1-3H3. The summed E-state index contributed by atoms with van der Waals surface area (Å²) in [6.07, 6.45) is -0.412. The molecule has 96 valence electrons. The summed E-state index contributed by atoms with van der Waals surface area (Å²) in [5, 5.41) is 0. The molecule has 0 rings (SSSR count). The Morgan fingerprint density at radius 3 is 2.19 bits per heavy atom. The van der Waals surface area contributed by atoms with Crippen LogP contribution in [0, 0.1) is 0 Å². The van der Waals surface area contributed by atoms with Crippen molar-refractivity contribution in [2.75, 3.05) is 20.8 Å². The molecule has 0 saturated heterocycles. The number of rotatable bonds is 8. The lowest BCUT2D eigenvalue weighted by Gasteiger charge is -2.16. The quantitative estimate of drug-likeness (QED) is 0.627. The first-order chi connectivity index (χ1) is 7.31. The van der Waals surface area contributed by atoms with E-state index < -0.39 is 32.6 Å². The van der Waals surface area contributed by atoms with Gasteiger partial charge in [0.05, 0.1) is 0 Å². The van der Waals surface area contributed by atoms with E-state index in [1.165, 1.54) is 6.92 Å². The SMILES string of the molecule is CCCC(F)(F)C(=O)COP(=O)(OC)OC. The monoisotopic (exact) mass is 260 g/mol. The van der Waals surface area contributed by atoms with Gasteiger partial charge in [0.2, 0.25) is 5.78 Å². The van der Waals surface area contributed by atoms with Crippen molar-refractivity contribution in [2.24, 2.45) is 0 Å². The molecule has 0 aromatic rings. The molecule has 0 aliphatic heterocycles. The Morgan fingerprint density at radius 1 is 1.31 bits per heavy atom. The zero-order valence-electron chi connectivity index (χ0n) is 9.37. The number of Topliss-reactive ketones (excluding diaryl/α,β-unsaturated/α-hetero) is 1. The molecule has 0 unspecified atom stereocenters. The van der Waals surface area contributed by atoms with Gasteiger partial charge in [0.25, 0.3) is 0 Å². The second-order valence-corrected chi connectivity index (χ2v) is 4.85. The van der Waals surface area contributed by atoms with Crippen molar-refractivity contribution in [3.8, 4) is 0 Å². The molecule has 0 aromatic heterocycles. The van der Waals surface area contributed by atoms with Crippen LogP contribution in [0.2, 0.25) is 0 Å². The van der Waals surface area contributed by atoms with Crippen molar-refractivity contribution in [3.05, 3.63) is 0 Å². The highest BCUT2D eigenvalue weighted by Crippen LogP contribution is 2.47. The number of phosphoric ester groups is 1. The van der Waals surface area contributed by atoms with Gasteiger partial charge in [0.15, 0.2) is 0 Å². The van der Waals surface area contributed by atoms with Gasteiger partial charge in [-0.2, -0.15) is 8.78 Å². The molecule has 0 bridgehead atoms. The number of halogens is 2. The summed E-state index contributed by atoms with van der Waals surface area (Å²) in [4.78, 5) is 11.0. The van der Waals surface area contributed by atoms with Gasteiger partial charge in [0, 0.05) is 20.6 Å². The summed E-state index contributed by atoms with van der Waals surface area (Å²) in [5.41, 5.74) is 0. The van der Waals surface area contributed by atoms with E-state index in [1.54, 1.807) is 0 Å². The minimum Gasteiger partial charge on any atom is -0.290 e. The molecule has 0 spiro atoms. The van der Waals surface area contributed by atoms with E-state index in [1.807, 2.05) is 0 Å². The van der Waals surface area contributed by atoms with Gasteiger partial charge >= 0.3 is 13.7 Å².